The highest BCUT2D eigenvalue weighted by molar-refractivity contribution is 5.98. The summed E-state index contributed by atoms with van der Waals surface area (Å²) in [5, 5.41) is 1.74. The molecule has 0 aliphatic rings. The molecule has 0 bridgehead atoms. The molecule has 0 aliphatic carbocycles. The quantitative estimate of drug-likeness (QED) is 0.786. The van der Waals surface area contributed by atoms with E-state index >= 15 is 0 Å². The lowest BCUT2D eigenvalue weighted by molar-refractivity contribution is -0.127. The molecule has 0 radical (unpaired) electrons. The average Bonchev–Trinajstić information content (AvgIpc) is 2.37. The number of carbonyl (C=O) groups excluding carboxylic acids is 3. The average molecular weight is 284 g/mol. The molecule has 0 heterocycles. The molecule has 108 valence electrons. The Labute approximate surface area is 113 Å². The van der Waals surface area contributed by atoms with Crippen molar-refractivity contribution in [2.45, 2.75) is 13.0 Å². The van der Waals surface area contributed by atoms with Crippen molar-refractivity contribution in [1.29, 1.82) is 0 Å². The Morgan fingerprint density at radius 3 is 2.50 bits per heavy atom. The summed E-state index contributed by atoms with van der Waals surface area (Å²) in [6.45, 7) is 1.22. The zero-order valence-electron chi connectivity index (χ0n) is 10.8. The van der Waals surface area contributed by atoms with Crippen LogP contribution >= 0.6 is 0 Å². The topological polar surface area (TPSA) is 108 Å². The van der Waals surface area contributed by atoms with Gasteiger partial charge >= 0.3 is 12.0 Å². The van der Waals surface area contributed by atoms with Gasteiger partial charge < -0.3 is 15.2 Å². The van der Waals surface area contributed by atoms with E-state index in [0.29, 0.717) is 0 Å². The van der Waals surface area contributed by atoms with Gasteiger partial charge in [0, 0.05) is 6.07 Å². The number of hydrogen-bond acceptors (Lipinski definition) is 5. The predicted octanol–water partition coefficient (Wildman–Crippen LogP) is 0.575. The Morgan fingerprint density at radius 2 is 2.00 bits per heavy atom. The van der Waals surface area contributed by atoms with E-state index < -0.39 is 29.8 Å². The molecule has 0 aromatic heterocycles. The molecule has 1 aromatic carbocycles. The second kappa shape index (κ2) is 6.50. The van der Waals surface area contributed by atoms with E-state index in [0.717, 1.165) is 12.1 Å². The Hall–Kier alpha value is -2.64. The van der Waals surface area contributed by atoms with Crippen LogP contribution in [-0.2, 0) is 9.53 Å². The van der Waals surface area contributed by atoms with Gasteiger partial charge in [0.2, 0.25) is 0 Å². The maximum absolute atomic E-state index is 13.6. The standard InChI is InChI=1S/C12H13FN2O5/c1-6(10(16)15-12(14)18)20-11(17)8-4-3-7(19-2)5-9(8)13/h3-6H,1-2H3,(H3,14,15,16,18)/t6-/m0/s1. The highest BCUT2D eigenvalue weighted by Crippen LogP contribution is 2.17. The van der Waals surface area contributed by atoms with Crippen molar-refractivity contribution >= 4 is 17.9 Å². The molecule has 7 nitrogen and oxygen atoms in total. The number of esters is 1. The Kier molecular flexibility index (Phi) is 5.01. The minimum atomic E-state index is -1.29. The summed E-state index contributed by atoms with van der Waals surface area (Å²) in [4.78, 5) is 33.4. The van der Waals surface area contributed by atoms with Crippen LogP contribution in [-0.4, -0.2) is 31.1 Å². The molecular weight excluding hydrogens is 271 g/mol. The van der Waals surface area contributed by atoms with Gasteiger partial charge in [0.25, 0.3) is 5.91 Å². The highest BCUT2D eigenvalue weighted by Gasteiger charge is 2.22. The van der Waals surface area contributed by atoms with Crippen LogP contribution in [0.25, 0.3) is 0 Å². The number of ether oxygens (including phenoxy) is 2. The van der Waals surface area contributed by atoms with Gasteiger partial charge in [0.1, 0.15) is 11.6 Å². The minimum absolute atomic E-state index is 0.235. The number of amides is 3. The van der Waals surface area contributed by atoms with Crippen molar-refractivity contribution < 1.29 is 28.2 Å². The molecule has 3 amide bonds. The van der Waals surface area contributed by atoms with Crippen LogP contribution < -0.4 is 15.8 Å². The van der Waals surface area contributed by atoms with Gasteiger partial charge in [0.05, 0.1) is 12.7 Å². The van der Waals surface area contributed by atoms with Gasteiger partial charge in [-0.1, -0.05) is 0 Å². The summed E-state index contributed by atoms with van der Waals surface area (Å²) in [5.74, 6) is -2.56. The van der Waals surface area contributed by atoms with E-state index in [-0.39, 0.29) is 11.3 Å². The van der Waals surface area contributed by atoms with Gasteiger partial charge in [0.15, 0.2) is 6.10 Å². The number of nitrogens with two attached hydrogens (primary N) is 1. The molecule has 0 saturated heterocycles. The number of primary amides is 1. The van der Waals surface area contributed by atoms with E-state index in [2.05, 4.69) is 0 Å². The van der Waals surface area contributed by atoms with E-state index in [1.54, 1.807) is 5.32 Å². The number of nitrogens with one attached hydrogen (secondary N) is 1. The molecule has 1 rings (SSSR count). The predicted molar refractivity (Wildman–Crippen MR) is 65.6 cm³/mol. The van der Waals surface area contributed by atoms with Crippen LogP contribution in [0.2, 0.25) is 0 Å². The molecule has 0 aliphatic heterocycles. The van der Waals surface area contributed by atoms with Crippen molar-refractivity contribution in [3.8, 4) is 5.75 Å². The van der Waals surface area contributed by atoms with Crippen molar-refractivity contribution in [2.24, 2.45) is 5.73 Å². The number of carbonyl (C=O) groups is 3. The Bertz CT molecular complexity index is 547. The van der Waals surface area contributed by atoms with Crippen LogP contribution in [0.1, 0.15) is 17.3 Å². The molecule has 1 atom stereocenters. The van der Waals surface area contributed by atoms with Crippen molar-refractivity contribution in [3.05, 3.63) is 29.6 Å². The van der Waals surface area contributed by atoms with Gasteiger partial charge in [-0.05, 0) is 19.1 Å². The second-order valence-corrected chi connectivity index (χ2v) is 3.75. The lowest BCUT2D eigenvalue weighted by atomic mass is 10.2. The first-order valence-corrected chi connectivity index (χ1v) is 5.50. The third-order valence-corrected chi connectivity index (χ3v) is 2.30. The highest BCUT2D eigenvalue weighted by atomic mass is 19.1. The van der Waals surface area contributed by atoms with E-state index in [9.17, 15) is 18.8 Å². The van der Waals surface area contributed by atoms with Crippen LogP contribution in [0.4, 0.5) is 9.18 Å². The normalized spacial score (nSPS) is 11.3. The van der Waals surface area contributed by atoms with Crippen LogP contribution in [0, 0.1) is 5.82 Å². The monoisotopic (exact) mass is 284 g/mol. The van der Waals surface area contributed by atoms with Crippen LogP contribution in [0.5, 0.6) is 5.75 Å². The number of methoxy groups -OCH3 is 1. The number of hydrogen-bond donors (Lipinski definition) is 2. The molecule has 20 heavy (non-hydrogen) atoms. The summed E-state index contributed by atoms with van der Waals surface area (Å²) in [6, 6.07) is 2.46. The summed E-state index contributed by atoms with van der Waals surface area (Å²) in [6.07, 6.45) is -1.29. The number of imide groups is 1. The molecule has 8 heteroatoms. The summed E-state index contributed by atoms with van der Waals surface area (Å²) in [5.41, 5.74) is 4.39. The number of urea groups is 1. The third-order valence-electron chi connectivity index (χ3n) is 2.30. The molecule has 0 fully saturated rings. The SMILES string of the molecule is COc1ccc(C(=O)O[C@@H](C)C(=O)NC(N)=O)c(F)c1. The number of rotatable bonds is 4. The molecule has 0 spiro atoms. The van der Waals surface area contributed by atoms with E-state index in [4.69, 9.17) is 15.2 Å². The molecule has 0 unspecified atom stereocenters. The first-order chi connectivity index (χ1) is 9.35. The molecular formula is C12H13FN2O5. The fourth-order valence-corrected chi connectivity index (χ4v) is 1.29. The maximum Gasteiger partial charge on any atom is 0.341 e. The van der Waals surface area contributed by atoms with E-state index in [1.165, 1.54) is 20.1 Å². The van der Waals surface area contributed by atoms with Crippen molar-refractivity contribution in [3.63, 3.8) is 0 Å². The van der Waals surface area contributed by atoms with Gasteiger partial charge in [-0.15, -0.1) is 0 Å². The fraction of sp³-hybridized carbons (Fsp3) is 0.250. The Morgan fingerprint density at radius 1 is 1.35 bits per heavy atom. The minimum Gasteiger partial charge on any atom is -0.497 e. The van der Waals surface area contributed by atoms with E-state index in [1.807, 2.05) is 0 Å². The van der Waals surface area contributed by atoms with Crippen LogP contribution in [0.15, 0.2) is 18.2 Å². The summed E-state index contributed by atoms with van der Waals surface area (Å²) < 4.78 is 23.1. The fourth-order valence-electron chi connectivity index (χ4n) is 1.29. The first kappa shape index (κ1) is 15.4. The van der Waals surface area contributed by atoms with Gasteiger partial charge in [-0.3, -0.25) is 10.1 Å². The largest absolute Gasteiger partial charge is 0.497 e. The first-order valence-electron chi connectivity index (χ1n) is 5.50. The molecule has 0 saturated carbocycles. The molecule has 3 N–H and O–H groups in total. The molecule has 1 aromatic rings. The zero-order chi connectivity index (χ0) is 15.3. The number of halogens is 1. The number of benzene rings is 1. The second-order valence-electron chi connectivity index (χ2n) is 3.75. The Balaban J connectivity index is 2.76. The lowest BCUT2D eigenvalue weighted by Gasteiger charge is -2.12. The lowest BCUT2D eigenvalue weighted by Crippen LogP contribution is -2.42. The summed E-state index contributed by atoms with van der Waals surface area (Å²) >= 11 is 0. The smallest absolute Gasteiger partial charge is 0.341 e. The van der Waals surface area contributed by atoms with Gasteiger partial charge in [-0.2, -0.15) is 0 Å². The van der Waals surface area contributed by atoms with Crippen molar-refractivity contribution in [1.82, 2.24) is 5.32 Å². The maximum atomic E-state index is 13.6. The zero-order valence-corrected chi connectivity index (χ0v) is 10.8. The third kappa shape index (κ3) is 3.94. The van der Waals surface area contributed by atoms with Gasteiger partial charge in [-0.25, -0.2) is 14.0 Å². The van der Waals surface area contributed by atoms with Crippen LogP contribution in [0.3, 0.4) is 0 Å². The summed E-state index contributed by atoms with van der Waals surface area (Å²) in [7, 11) is 1.35. The van der Waals surface area contributed by atoms with Crippen molar-refractivity contribution in [2.75, 3.05) is 7.11 Å².